The maximum absolute atomic E-state index is 13.3. The molecule has 0 bridgehead atoms. The Morgan fingerprint density at radius 3 is 2.39 bits per heavy atom. The molecule has 1 amide bonds. The molecule has 33 heavy (non-hydrogen) atoms. The van der Waals surface area contributed by atoms with Gasteiger partial charge in [-0.25, -0.2) is 9.78 Å². The van der Waals surface area contributed by atoms with Crippen LogP contribution < -0.4 is 14.8 Å². The number of alkyl halides is 2. The lowest BCUT2D eigenvalue weighted by atomic mass is 9.94. The van der Waals surface area contributed by atoms with E-state index in [1.807, 2.05) is 13.0 Å². The molecule has 7 nitrogen and oxygen atoms in total. The summed E-state index contributed by atoms with van der Waals surface area (Å²) in [7, 11) is 0. The summed E-state index contributed by atoms with van der Waals surface area (Å²) >= 11 is 0. The minimum absolute atomic E-state index is 0. The van der Waals surface area contributed by atoms with E-state index in [1.165, 1.54) is 24.3 Å². The molecule has 1 fully saturated rings. The minimum Gasteiger partial charge on any atom is -0.478 e. The molecule has 0 unspecified atom stereocenters. The van der Waals surface area contributed by atoms with Crippen LogP contribution in [0.5, 0.6) is 11.5 Å². The number of benzene rings is 2. The number of anilines is 1. The van der Waals surface area contributed by atoms with Crippen LogP contribution in [0.25, 0.3) is 11.3 Å². The van der Waals surface area contributed by atoms with Crippen LogP contribution in [0.2, 0.25) is 0 Å². The van der Waals surface area contributed by atoms with Gasteiger partial charge in [-0.05, 0) is 67.3 Å². The molecule has 1 aliphatic heterocycles. The van der Waals surface area contributed by atoms with E-state index in [9.17, 15) is 18.4 Å². The molecule has 1 saturated carbocycles. The van der Waals surface area contributed by atoms with Crippen LogP contribution in [-0.2, 0) is 10.2 Å². The second-order valence-electron chi connectivity index (χ2n) is 8.16. The molecule has 9 heteroatoms. The average Bonchev–Trinajstić information content (AvgIpc) is 3.50. The van der Waals surface area contributed by atoms with Gasteiger partial charge in [-0.2, -0.15) is 0 Å². The van der Waals surface area contributed by atoms with E-state index in [1.54, 1.807) is 24.3 Å². The zero-order valence-corrected chi connectivity index (χ0v) is 17.4. The Labute approximate surface area is 188 Å². The normalized spacial score (nSPS) is 16.8. The third-order valence-electron chi connectivity index (χ3n) is 5.78. The smallest absolute Gasteiger partial charge is 0.478 e. The number of ether oxygens (including phenoxy) is 2. The topological polar surface area (TPSA) is 97.8 Å². The van der Waals surface area contributed by atoms with Crippen molar-refractivity contribution in [3.05, 3.63) is 71.3 Å². The number of nitrogens with one attached hydrogen (secondary N) is 1. The Morgan fingerprint density at radius 1 is 1.03 bits per heavy atom. The maximum Gasteiger partial charge on any atom is 0.586 e. The predicted octanol–water partition coefficient (Wildman–Crippen LogP) is 4.99. The number of carboxylic acids is 1. The lowest BCUT2D eigenvalue weighted by Gasteiger charge is -2.16. The lowest BCUT2D eigenvalue weighted by Crippen LogP contribution is -2.28. The molecule has 2 aromatic carbocycles. The summed E-state index contributed by atoms with van der Waals surface area (Å²) in [6.07, 6.45) is -2.60. The van der Waals surface area contributed by atoms with E-state index >= 15 is 0 Å². The maximum atomic E-state index is 13.3. The zero-order valence-electron chi connectivity index (χ0n) is 17.4. The van der Waals surface area contributed by atoms with Crippen molar-refractivity contribution < 1.29 is 34.4 Å². The van der Waals surface area contributed by atoms with Crippen LogP contribution in [-0.4, -0.2) is 28.3 Å². The molecule has 0 radical (unpaired) electrons. The summed E-state index contributed by atoms with van der Waals surface area (Å²) in [6.45, 7) is 1.86. The highest BCUT2D eigenvalue weighted by Crippen LogP contribution is 2.52. The first-order chi connectivity index (χ1) is 15.6. The first-order valence-electron chi connectivity index (χ1n) is 10.2. The highest BCUT2D eigenvalue weighted by molar-refractivity contribution is 6.01. The number of aromatic carboxylic acids is 1. The first-order valence-corrected chi connectivity index (χ1v) is 10.2. The fourth-order valence-electron chi connectivity index (χ4n) is 3.92. The number of carbonyl (C=O) groups excluding carboxylic acids is 1. The van der Waals surface area contributed by atoms with Gasteiger partial charge >= 0.3 is 12.3 Å². The molecule has 2 heterocycles. The quantitative estimate of drug-likeness (QED) is 0.564. The van der Waals surface area contributed by atoms with Gasteiger partial charge in [0.1, 0.15) is 5.82 Å². The van der Waals surface area contributed by atoms with Gasteiger partial charge in [0.15, 0.2) is 11.5 Å². The Kier molecular flexibility index (Phi) is 4.59. The Balaban J connectivity index is 0.00000274. The largest absolute Gasteiger partial charge is 0.586 e. The van der Waals surface area contributed by atoms with Crippen LogP contribution in [0.4, 0.5) is 14.6 Å². The Hall–Kier alpha value is -4.01. The van der Waals surface area contributed by atoms with E-state index in [0.29, 0.717) is 35.5 Å². The van der Waals surface area contributed by atoms with Gasteiger partial charge in [-0.3, -0.25) is 4.79 Å². The van der Waals surface area contributed by atoms with E-state index in [0.717, 1.165) is 5.56 Å². The van der Waals surface area contributed by atoms with Crippen molar-refractivity contribution in [3.63, 3.8) is 0 Å². The number of rotatable bonds is 5. The van der Waals surface area contributed by atoms with Crippen LogP contribution in [0.1, 0.15) is 35.8 Å². The molecule has 0 saturated heterocycles. The van der Waals surface area contributed by atoms with Gasteiger partial charge in [-0.15, -0.1) is 8.78 Å². The average molecular weight is 454 g/mol. The minimum atomic E-state index is -3.72. The van der Waals surface area contributed by atoms with Gasteiger partial charge in [-0.1, -0.05) is 18.2 Å². The van der Waals surface area contributed by atoms with Gasteiger partial charge in [0.25, 0.3) is 0 Å². The molecular weight excluding hydrogens is 434 g/mol. The van der Waals surface area contributed by atoms with Crippen molar-refractivity contribution in [2.24, 2.45) is 0 Å². The fraction of sp³-hybridized carbons (Fsp3) is 0.208. The number of halogens is 2. The fourth-order valence-corrected chi connectivity index (χ4v) is 3.92. The standard InChI is InChI=1S/C24H18F2N2O5.H2/c1-13-10-17(14-2-4-15(5-3-14)21(29)30)27-20(11-13)28-22(31)23(8-9-23)16-6-7-18-19(12-16)33-24(25,26)32-18;/h2-7,10-12H,8-9H2,1H3,(H,29,30)(H,27,28,31);1H. The van der Waals surface area contributed by atoms with Crippen molar-refractivity contribution in [2.75, 3.05) is 5.32 Å². The zero-order chi connectivity index (χ0) is 23.4. The van der Waals surface area contributed by atoms with Crippen molar-refractivity contribution in [1.82, 2.24) is 4.98 Å². The van der Waals surface area contributed by atoms with Gasteiger partial charge < -0.3 is 19.9 Å². The number of fused-ring (bicyclic) bond motifs is 1. The van der Waals surface area contributed by atoms with Crippen molar-refractivity contribution in [2.45, 2.75) is 31.5 Å². The summed E-state index contributed by atoms with van der Waals surface area (Å²) in [5.74, 6) is -1.14. The number of carboxylic acid groups (broad SMARTS) is 1. The molecule has 1 aliphatic carbocycles. The van der Waals surface area contributed by atoms with E-state index in [2.05, 4.69) is 19.8 Å². The van der Waals surface area contributed by atoms with Crippen LogP contribution in [0, 0.1) is 6.92 Å². The molecule has 0 spiro atoms. The summed E-state index contributed by atoms with van der Waals surface area (Å²) in [6, 6.07) is 14.2. The molecule has 3 aromatic rings. The number of hydrogen-bond acceptors (Lipinski definition) is 5. The molecule has 0 atom stereocenters. The van der Waals surface area contributed by atoms with Crippen molar-refractivity contribution >= 4 is 17.7 Å². The number of pyridine rings is 1. The van der Waals surface area contributed by atoms with Crippen molar-refractivity contribution in [3.8, 4) is 22.8 Å². The summed E-state index contributed by atoms with van der Waals surface area (Å²) in [4.78, 5) is 28.7. The molecular formula is C24H20F2N2O5. The SMILES string of the molecule is Cc1cc(NC(=O)C2(c3ccc4c(c3)OC(F)(F)O4)CC2)nc(-c2ccc(C(=O)O)cc2)c1.[HH]. The van der Waals surface area contributed by atoms with Gasteiger partial charge in [0, 0.05) is 6.99 Å². The number of hydrogen-bond donors (Lipinski definition) is 2. The van der Waals surface area contributed by atoms with Gasteiger partial charge in [0.2, 0.25) is 5.91 Å². The monoisotopic (exact) mass is 454 g/mol. The molecule has 170 valence electrons. The number of aryl methyl sites for hydroxylation is 1. The Bertz CT molecular complexity index is 1290. The Morgan fingerprint density at radius 2 is 1.73 bits per heavy atom. The highest BCUT2D eigenvalue weighted by atomic mass is 19.3. The third-order valence-corrected chi connectivity index (χ3v) is 5.78. The number of nitrogens with zero attached hydrogens (tertiary/aromatic N) is 1. The van der Waals surface area contributed by atoms with Gasteiger partial charge in [0.05, 0.1) is 16.7 Å². The van der Waals surface area contributed by atoms with E-state index in [-0.39, 0.29) is 24.4 Å². The molecule has 2 N–H and O–H groups in total. The molecule has 2 aliphatic rings. The predicted molar refractivity (Wildman–Crippen MR) is 116 cm³/mol. The van der Waals surface area contributed by atoms with Crippen molar-refractivity contribution in [1.29, 1.82) is 0 Å². The second kappa shape index (κ2) is 7.26. The summed E-state index contributed by atoms with van der Waals surface area (Å²) in [5, 5.41) is 11.9. The van der Waals surface area contributed by atoms with Crippen LogP contribution in [0.15, 0.2) is 54.6 Å². The highest BCUT2D eigenvalue weighted by Gasteiger charge is 2.53. The van der Waals surface area contributed by atoms with E-state index in [4.69, 9.17) is 5.11 Å². The summed E-state index contributed by atoms with van der Waals surface area (Å²) < 4.78 is 35.6. The number of carbonyl (C=O) groups is 2. The lowest BCUT2D eigenvalue weighted by molar-refractivity contribution is -0.286. The molecule has 5 rings (SSSR count). The van der Waals surface area contributed by atoms with Crippen LogP contribution in [0.3, 0.4) is 0 Å². The van der Waals surface area contributed by atoms with E-state index < -0.39 is 17.7 Å². The second-order valence-corrected chi connectivity index (χ2v) is 8.16. The van der Waals surface area contributed by atoms with Crippen LogP contribution >= 0.6 is 0 Å². The number of amides is 1. The first kappa shape index (κ1) is 20.9. The third kappa shape index (κ3) is 3.86. The molecule has 1 aromatic heterocycles. The number of aromatic nitrogens is 1. The summed E-state index contributed by atoms with van der Waals surface area (Å²) in [5.41, 5.74) is 2.02.